The number of methoxy groups -OCH3 is 3. The topological polar surface area (TPSA) is 101 Å². The van der Waals surface area contributed by atoms with Gasteiger partial charge in [0.05, 0.1) is 44.8 Å². The van der Waals surface area contributed by atoms with Crippen LogP contribution in [0.2, 0.25) is 5.28 Å². The number of nitrogens with zero attached hydrogens (tertiary/aromatic N) is 6. The highest BCUT2D eigenvalue weighted by molar-refractivity contribution is 6.28. The monoisotopic (exact) mass is 443 g/mol. The van der Waals surface area contributed by atoms with E-state index in [2.05, 4.69) is 25.4 Å². The second-order valence-electron chi connectivity index (χ2n) is 6.94. The molecule has 3 aromatic heterocycles. The lowest BCUT2D eigenvalue weighted by atomic mass is 10.2. The van der Waals surface area contributed by atoms with Crippen molar-refractivity contribution < 1.29 is 14.2 Å². The number of nitrogens with one attached hydrogen (secondary N) is 1. The molecule has 0 radical (unpaired) electrons. The molecule has 0 spiro atoms. The molecule has 0 aliphatic carbocycles. The molecule has 0 atom stereocenters. The average Bonchev–Trinajstić information content (AvgIpc) is 3.39. The predicted octanol–water partition coefficient (Wildman–Crippen LogP) is 4.02. The summed E-state index contributed by atoms with van der Waals surface area (Å²) in [6, 6.07) is 3.80. The van der Waals surface area contributed by atoms with E-state index >= 15 is 0 Å². The summed E-state index contributed by atoms with van der Waals surface area (Å²) in [6.07, 6.45) is 5.19. The van der Waals surface area contributed by atoms with Gasteiger partial charge in [0, 0.05) is 18.2 Å². The molecule has 0 aliphatic heterocycles. The second kappa shape index (κ2) is 8.31. The van der Waals surface area contributed by atoms with Gasteiger partial charge in [-0.05, 0) is 25.4 Å². The smallest absolute Gasteiger partial charge is 0.226 e. The third-order valence-electron chi connectivity index (χ3n) is 4.69. The molecule has 1 N–H and O–H groups in total. The number of hydrogen-bond donors (Lipinski definition) is 1. The molecule has 0 saturated carbocycles. The van der Waals surface area contributed by atoms with E-state index in [9.17, 15) is 0 Å². The summed E-state index contributed by atoms with van der Waals surface area (Å²) < 4.78 is 19.9. The minimum absolute atomic E-state index is 0.126. The molecule has 0 saturated heterocycles. The van der Waals surface area contributed by atoms with Crippen LogP contribution < -0.4 is 19.5 Å². The quantitative estimate of drug-likeness (QED) is 0.427. The van der Waals surface area contributed by atoms with Crippen molar-refractivity contribution >= 4 is 34.3 Å². The van der Waals surface area contributed by atoms with Gasteiger partial charge in [0.2, 0.25) is 11.0 Å². The highest BCUT2D eigenvalue weighted by Gasteiger charge is 2.17. The molecule has 0 bridgehead atoms. The number of rotatable bonds is 7. The van der Waals surface area contributed by atoms with Crippen LogP contribution in [0, 0.1) is 0 Å². The summed E-state index contributed by atoms with van der Waals surface area (Å²) in [5.41, 5.74) is 1.44. The van der Waals surface area contributed by atoms with Gasteiger partial charge in [0.1, 0.15) is 18.0 Å². The average molecular weight is 444 g/mol. The van der Waals surface area contributed by atoms with E-state index in [-0.39, 0.29) is 11.3 Å². The molecule has 10 nitrogen and oxygen atoms in total. The van der Waals surface area contributed by atoms with Crippen molar-refractivity contribution in [3.05, 3.63) is 36.1 Å². The number of ether oxygens (including phenoxy) is 3. The van der Waals surface area contributed by atoms with Crippen LogP contribution in [0.4, 0.5) is 11.6 Å². The molecule has 0 amide bonds. The van der Waals surface area contributed by atoms with Gasteiger partial charge in [-0.3, -0.25) is 0 Å². The van der Waals surface area contributed by atoms with Crippen molar-refractivity contribution in [3.63, 3.8) is 0 Å². The zero-order valence-corrected chi connectivity index (χ0v) is 18.5. The lowest BCUT2D eigenvalue weighted by Gasteiger charge is -2.14. The molecule has 4 aromatic rings. The number of aromatic nitrogens is 6. The molecule has 0 aliphatic rings. The Kier molecular flexibility index (Phi) is 5.55. The summed E-state index contributed by atoms with van der Waals surface area (Å²) in [5.74, 6) is 2.71. The Morgan fingerprint density at radius 3 is 2.35 bits per heavy atom. The molecule has 1 aromatic carbocycles. The maximum absolute atomic E-state index is 6.15. The Labute approximate surface area is 183 Å². The molecule has 0 unspecified atom stereocenters. The van der Waals surface area contributed by atoms with Gasteiger partial charge in [-0.15, -0.1) is 0 Å². The number of hydrogen-bond acceptors (Lipinski definition) is 8. The molecule has 3 heterocycles. The summed E-state index contributed by atoms with van der Waals surface area (Å²) in [5, 5.41) is 8.47. The Bertz CT molecular complexity index is 1210. The summed E-state index contributed by atoms with van der Waals surface area (Å²) in [7, 11) is 4.71. The van der Waals surface area contributed by atoms with Crippen molar-refractivity contribution in [2.75, 3.05) is 26.6 Å². The van der Waals surface area contributed by atoms with E-state index in [1.165, 1.54) is 0 Å². The Morgan fingerprint density at radius 1 is 1.03 bits per heavy atom. The molecule has 11 heteroatoms. The van der Waals surface area contributed by atoms with Crippen molar-refractivity contribution in [3.8, 4) is 22.9 Å². The number of anilines is 2. The number of fused-ring (bicyclic) bond motifs is 1. The van der Waals surface area contributed by atoms with E-state index in [0.29, 0.717) is 34.5 Å². The van der Waals surface area contributed by atoms with E-state index < -0.39 is 0 Å². The van der Waals surface area contributed by atoms with Crippen molar-refractivity contribution in [1.29, 1.82) is 0 Å². The van der Waals surface area contributed by atoms with Crippen LogP contribution in [-0.2, 0) is 0 Å². The highest BCUT2D eigenvalue weighted by atomic mass is 35.5. The fourth-order valence-electron chi connectivity index (χ4n) is 3.24. The lowest BCUT2D eigenvalue weighted by Crippen LogP contribution is -2.04. The SMILES string of the molecule is COc1cc(-n2cnc(Nc3nc(Cl)nc4c3cnn4C(C)C)c2)cc(OC)c1OC. The Morgan fingerprint density at radius 2 is 1.74 bits per heavy atom. The normalized spacial score (nSPS) is 11.2. The maximum atomic E-state index is 6.15. The fraction of sp³-hybridized carbons (Fsp3) is 0.300. The van der Waals surface area contributed by atoms with Gasteiger partial charge < -0.3 is 24.1 Å². The molecule has 4 rings (SSSR count). The van der Waals surface area contributed by atoms with Crippen LogP contribution >= 0.6 is 11.6 Å². The van der Waals surface area contributed by atoms with Crippen LogP contribution in [0.1, 0.15) is 19.9 Å². The number of halogens is 1. The van der Waals surface area contributed by atoms with E-state index in [1.54, 1.807) is 38.5 Å². The van der Waals surface area contributed by atoms with E-state index in [1.807, 2.05) is 36.7 Å². The standard InChI is InChI=1S/C20H22ClN7O3/c1-11(2)28-19-13(8-23-28)18(25-20(21)26-19)24-16-9-27(10-22-16)12-6-14(29-3)17(31-5)15(7-12)30-4/h6-11H,1-5H3,(H,24,25,26). The van der Waals surface area contributed by atoms with Crippen LogP contribution in [0.25, 0.3) is 16.7 Å². The minimum atomic E-state index is 0.126. The summed E-state index contributed by atoms with van der Waals surface area (Å²) >= 11 is 6.15. The first kappa shape index (κ1) is 20.7. The largest absolute Gasteiger partial charge is 0.493 e. The molecule has 31 heavy (non-hydrogen) atoms. The van der Waals surface area contributed by atoms with Gasteiger partial charge in [-0.1, -0.05) is 0 Å². The summed E-state index contributed by atoms with van der Waals surface area (Å²) in [4.78, 5) is 13.1. The third-order valence-corrected chi connectivity index (χ3v) is 4.86. The minimum Gasteiger partial charge on any atom is -0.493 e. The van der Waals surface area contributed by atoms with Crippen LogP contribution in [0.3, 0.4) is 0 Å². The number of benzene rings is 1. The van der Waals surface area contributed by atoms with Crippen molar-refractivity contribution in [2.24, 2.45) is 0 Å². The zero-order valence-electron chi connectivity index (χ0n) is 17.8. The zero-order chi connectivity index (χ0) is 22.1. The van der Waals surface area contributed by atoms with Gasteiger partial charge in [-0.2, -0.15) is 15.1 Å². The maximum Gasteiger partial charge on any atom is 0.226 e. The Balaban J connectivity index is 1.70. The van der Waals surface area contributed by atoms with Crippen molar-refractivity contribution in [2.45, 2.75) is 19.9 Å². The summed E-state index contributed by atoms with van der Waals surface area (Å²) in [6.45, 7) is 4.04. The van der Waals surface area contributed by atoms with Gasteiger partial charge >= 0.3 is 0 Å². The van der Waals surface area contributed by atoms with Crippen LogP contribution in [0.15, 0.2) is 30.9 Å². The second-order valence-corrected chi connectivity index (χ2v) is 7.27. The lowest BCUT2D eigenvalue weighted by molar-refractivity contribution is 0.324. The van der Waals surface area contributed by atoms with Gasteiger partial charge in [-0.25, -0.2) is 9.67 Å². The van der Waals surface area contributed by atoms with E-state index in [0.717, 1.165) is 11.1 Å². The fourth-order valence-corrected chi connectivity index (χ4v) is 3.40. The van der Waals surface area contributed by atoms with E-state index in [4.69, 9.17) is 25.8 Å². The molecular weight excluding hydrogens is 422 g/mol. The Hall–Kier alpha value is -3.53. The molecule has 0 fully saturated rings. The first-order chi connectivity index (χ1) is 14.9. The van der Waals surface area contributed by atoms with Crippen LogP contribution in [-0.4, -0.2) is 50.6 Å². The van der Waals surface area contributed by atoms with Crippen LogP contribution in [0.5, 0.6) is 17.2 Å². The first-order valence-electron chi connectivity index (χ1n) is 9.47. The van der Waals surface area contributed by atoms with Gasteiger partial charge in [0.15, 0.2) is 17.1 Å². The van der Waals surface area contributed by atoms with Gasteiger partial charge in [0.25, 0.3) is 0 Å². The molecule has 162 valence electrons. The molecular formula is C20H22ClN7O3. The highest BCUT2D eigenvalue weighted by Crippen LogP contribution is 2.39. The third kappa shape index (κ3) is 3.81. The number of imidazole rings is 1. The predicted molar refractivity (Wildman–Crippen MR) is 117 cm³/mol. The van der Waals surface area contributed by atoms with Crippen molar-refractivity contribution in [1.82, 2.24) is 29.3 Å². The first-order valence-corrected chi connectivity index (χ1v) is 9.85.